The Morgan fingerprint density at radius 2 is 2.00 bits per heavy atom. The van der Waals surface area contributed by atoms with Crippen molar-refractivity contribution in [2.75, 3.05) is 11.9 Å². The number of nitrogens with zero attached hydrogens (tertiary/aromatic N) is 1. The standard InChI is InChI=1S/C15H16N2O3/c1-10-7-12(15(19)20)8-14(17-10)16-9-13(18)11-5-3-2-4-6-11/h2-8,13,18H,9H2,1H3,(H,16,17)(H,19,20). The van der Waals surface area contributed by atoms with Crippen LogP contribution in [0.3, 0.4) is 0 Å². The molecule has 2 rings (SSSR count). The van der Waals surface area contributed by atoms with Crippen molar-refractivity contribution in [1.29, 1.82) is 0 Å². The summed E-state index contributed by atoms with van der Waals surface area (Å²) in [5, 5.41) is 22.0. The molecule has 1 heterocycles. The van der Waals surface area contributed by atoms with E-state index in [1.807, 2.05) is 30.3 Å². The minimum atomic E-state index is -0.998. The Bertz CT molecular complexity index is 599. The SMILES string of the molecule is Cc1cc(C(=O)O)cc(NCC(O)c2ccccc2)n1. The minimum Gasteiger partial charge on any atom is -0.478 e. The predicted octanol–water partition coefficient (Wildman–Crippen LogP) is 2.23. The first kappa shape index (κ1) is 14.0. The van der Waals surface area contributed by atoms with Gasteiger partial charge in [-0.2, -0.15) is 0 Å². The Morgan fingerprint density at radius 3 is 2.65 bits per heavy atom. The summed E-state index contributed by atoms with van der Waals surface area (Å²) in [5.74, 6) is -0.556. The molecule has 20 heavy (non-hydrogen) atoms. The summed E-state index contributed by atoms with van der Waals surface area (Å²) in [7, 11) is 0. The van der Waals surface area contributed by atoms with Gasteiger partial charge in [-0.25, -0.2) is 9.78 Å². The number of aryl methyl sites for hydroxylation is 1. The number of carboxylic acids is 1. The van der Waals surface area contributed by atoms with Crippen molar-refractivity contribution in [3.05, 3.63) is 59.3 Å². The maximum Gasteiger partial charge on any atom is 0.335 e. The second-order valence-corrected chi connectivity index (χ2v) is 4.49. The Hall–Kier alpha value is -2.40. The van der Waals surface area contributed by atoms with Crippen LogP contribution in [-0.2, 0) is 0 Å². The van der Waals surface area contributed by atoms with E-state index in [1.54, 1.807) is 6.92 Å². The Balaban J connectivity index is 2.06. The third kappa shape index (κ3) is 3.55. The zero-order valence-electron chi connectivity index (χ0n) is 11.1. The summed E-state index contributed by atoms with van der Waals surface area (Å²) in [6.07, 6.45) is -0.674. The summed E-state index contributed by atoms with van der Waals surface area (Å²) in [6.45, 7) is 1.99. The van der Waals surface area contributed by atoms with E-state index in [-0.39, 0.29) is 12.1 Å². The van der Waals surface area contributed by atoms with E-state index in [2.05, 4.69) is 10.3 Å². The van der Waals surface area contributed by atoms with Gasteiger partial charge in [0.1, 0.15) is 5.82 Å². The van der Waals surface area contributed by atoms with Crippen molar-refractivity contribution in [3.8, 4) is 0 Å². The van der Waals surface area contributed by atoms with E-state index < -0.39 is 12.1 Å². The number of aromatic nitrogens is 1. The maximum absolute atomic E-state index is 11.0. The van der Waals surface area contributed by atoms with Crippen molar-refractivity contribution >= 4 is 11.8 Å². The number of aliphatic hydroxyl groups is 1. The molecule has 1 aromatic heterocycles. The van der Waals surface area contributed by atoms with Gasteiger partial charge in [-0.3, -0.25) is 0 Å². The Morgan fingerprint density at radius 1 is 1.30 bits per heavy atom. The molecule has 1 unspecified atom stereocenters. The molecule has 3 N–H and O–H groups in total. The molecule has 0 amide bonds. The van der Waals surface area contributed by atoms with Gasteiger partial charge < -0.3 is 15.5 Å². The lowest BCUT2D eigenvalue weighted by Crippen LogP contribution is -2.13. The molecule has 0 spiro atoms. The van der Waals surface area contributed by atoms with Crippen LogP contribution in [0.15, 0.2) is 42.5 Å². The number of carboxylic acid groups (broad SMARTS) is 1. The van der Waals surface area contributed by atoms with E-state index in [4.69, 9.17) is 5.11 Å². The van der Waals surface area contributed by atoms with Crippen molar-refractivity contribution in [2.24, 2.45) is 0 Å². The molecule has 5 nitrogen and oxygen atoms in total. The lowest BCUT2D eigenvalue weighted by atomic mass is 10.1. The van der Waals surface area contributed by atoms with E-state index in [0.29, 0.717) is 11.5 Å². The maximum atomic E-state index is 11.0. The van der Waals surface area contributed by atoms with Crippen LogP contribution >= 0.6 is 0 Å². The highest BCUT2D eigenvalue weighted by Crippen LogP contribution is 2.15. The van der Waals surface area contributed by atoms with Gasteiger partial charge in [-0.1, -0.05) is 30.3 Å². The first-order chi connectivity index (χ1) is 9.56. The summed E-state index contributed by atoms with van der Waals surface area (Å²) in [6, 6.07) is 12.2. The average Bonchev–Trinajstić information content (AvgIpc) is 2.45. The molecule has 0 bridgehead atoms. The van der Waals surface area contributed by atoms with Gasteiger partial charge in [0.2, 0.25) is 0 Å². The van der Waals surface area contributed by atoms with Crippen molar-refractivity contribution in [2.45, 2.75) is 13.0 Å². The molecule has 0 aliphatic carbocycles. The summed E-state index contributed by atoms with van der Waals surface area (Å²) >= 11 is 0. The van der Waals surface area contributed by atoms with Gasteiger partial charge >= 0.3 is 5.97 Å². The van der Waals surface area contributed by atoms with E-state index in [1.165, 1.54) is 12.1 Å². The van der Waals surface area contributed by atoms with Gasteiger partial charge in [0.25, 0.3) is 0 Å². The van der Waals surface area contributed by atoms with Gasteiger partial charge in [0.05, 0.1) is 11.7 Å². The lowest BCUT2D eigenvalue weighted by molar-refractivity contribution is 0.0696. The van der Waals surface area contributed by atoms with Crippen molar-refractivity contribution in [3.63, 3.8) is 0 Å². The van der Waals surface area contributed by atoms with Crippen LogP contribution in [0.4, 0.5) is 5.82 Å². The molecule has 0 aliphatic rings. The van der Waals surface area contributed by atoms with Gasteiger partial charge in [0.15, 0.2) is 0 Å². The monoisotopic (exact) mass is 272 g/mol. The minimum absolute atomic E-state index is 0.175. The molecule has 5 heteroatoms. The number of hydrogen-bond acceptors (Lipinski definition) is 4. The van der Waals surface area contributed by atoms with Crippen LogP contribution in [0.25, 0.3) is 0 Å². The highest BCUT2D eigenvalue weighted by Gasteiger charge is 2.09. The number of benzene rings is 1. The van der Waals surface area contributed by atoms with Crippen molar-refractivity contribution < 1.29 is 15.0 Å². The molecule has 2 aromatic rings. The topological polar surface area (TPSA) is 82.5 Å². The quantitative estimate of drug-likeness (QED) is 0.777. The molecule has 0 radical (unpaired) electrons. The second kappa shape index (κ2) is 6.16. The van der Waals surface area contributed by atoms with E-state index >= 15 is 0 Å². The average molecular weight is 272 g/mol. The van der Waals surface area contributed by atoms with Crippen LogP contribution in [0.1, 0.15) is 27.7 Å². The summed E-state index contributed by atoms with van der Waals surface area (Å²) in [5.41, 5.74) is 1.59. The number of anilines is 1. The largest absolute Gasteiger partial charge is 0.478 e. The number of aliphatic hydroxyl groups excluding tert-OH is 1. The smallest absolute Gasteiger partial charge is 0.335 e. The van der Waals surface area contributed by atoms with Crippen molar-refractivity contribution in [1.82, 2.24) is 4.98 Å². The fourth-order valence-corrected chi connectivity index (χ4v) is 1.88. The number of pyridine rings is 1. The molecule has 1 atom stereocenters. The zero-order valence-corrected chi connectivity index (χ0v) is 11.1. The number of rotatable bonds is 5. The number of nitrogens with one attached hydrogen (secondary N) is 1. The first-order valence-corrected chi connectivity index (χ1v) is 6.25. The molecule has 0 fully saturated rings. The number of hydrogen-bond donors (Lipinski definition) is 3. The van der Waals surface area contributed by atoms with Crippen LogP contribution in [0, 0.1) is 6.92 Å². The highest BCUT2D eigenvalue weighted by molar-refractivity contribution is 5.88. The molecule has 0 aliphatic heterocycles. The zero-order chi connectivity index (χ0) is 14.5. The Kier molecular flexibility index (Phi) is 4.32. The van der Waals surface area contributed by atoms with E-state index in [0.717, 1.165) is 5.56 Å². The Labute approximate surface area is 116 Å². The molecule has 1 aromatic carbocycles. The van der Waals surface area contributed by atoms with Gasteiger partial charge in [0, 0.05) is 12.2 Å². The van der Waals surface area contributed by atoms with Crippen LogP contribution < -0.4 is 5.32 Å². The summed E-state index contributed by atoms with van der Waals surface area (Å²) in [4.78, 5) is 15.2. The molecular formula is C15H16N2O3. The number of carbonyl (C=O) groups is 1. The van der Waals surface area contributed by atoms with Crippen LogP contribution in [0.5, 0.6) is 0 Å². The third-order valence-corrected chi connectivity index (χ3v) is 2.86. The first-order valence-electron chi connectivity index (χ1n) is 6.25. The molecule has 0 saturated heterocycles. The molecule has 104 valence electrons. The number of aromatic carboxylic acids is 1. The fraction of sp³-hybridized carbons (Fsp3) is 0.200. The van der Waals surface area contributed by atoms with Crippen LogP contribution in [0.2, 0.25) is 0 Å². The molecule has 0 saturated carbocycles. The lowest BCUT2D eigenvalue weighted by Gasteiger charge is -2.13. The van der Waals surface area contributed by atoms with E-state index in [9.17, 15) is 9.90 Å². The predicted molar refractivity (Wildman–Crippen MR) is 75.8 cm³/mol. The second-order valence-electron chi connectivity index (χ2n) is 4.49. The van der Waals surface area contributed by atoms with Gasteiger partial charge in [-0.05, 0) is 24.6 Å². The molecular weight excluding hydrogens is 256 g/mol. The third-order valence-electron chi connectivity index (χ3n) is 2.86. The highest BCUT2D eigenvalue weighted by atomic mass is 16.4. The van der Waals surface area contributed by atoms with Gasteiger partial charge in [-0.15, -0.1) is 0 Å². The summed E-state index contributed by atoms with van der Waals surface area (Å²) < 4.78 is 0. The normalized spacial score (nSPS) is 11.9. The van der Waals surface area contributed by atoms with Crippen LogP contribution in [-0.4, -0.2) is 27.7 Å². The fourth-order valence-electron chi connectivity index (χ4n) is 1.88.